The molecule has 1 atom stereocenters. The summed E-state index contributed by atoms with van der Waals surface area (Å²) >= 11 is 1.88. The van der Waals surface area contributed by atoms with E-state index in [1.165, 1.54) is 0 Å². The molecule has 4 N–H and O–H groups in total. The number of carbonyl (C=O) groups is 3. The highest BCUT2D eigenvalue weighted by Gasteiger charge is 2.23. The van der Waals surface area contributed by atoms with Crippen LogP contribution in [0.25, 0.3) is 0 Å². The maximum absolute atomic E-state index is 11.8. The van der Waals surface area contributed by atoms with E-state index in [0.717, 1.165) is 24.3 Å². The second-order valence-corrected chi connectivity index (χ2v) is 5.95. The van der Waals surface area contributed by atoms with Gasteiger partial charge in [-0.3, -0.25) is 9.59 Å². The van der Waals surface area contributed by atoms with Crippen LogP contribution in [0.4, 0.5) is 0 Å². The van der Waals surface area contributed by atoms with Gasteiger partial charge in [0.25, 0.3) is 0 Å². The van der Waals surface area contributed by atoms with Crippen molar-refractivity contribution in [1.82, 2.24) is 5.32 Å². The summed E-state index contributed by atoms with van der Waals surface area (Å²) in [7, 11) is 0. The molecule has 108 valence electrons. The Labute approximate surface area is 116 Å². The highest BCUT2D eigenvalue weighted by atomic mass is 32.2. The molecule has 0 bridgehead atoms. The van der Waals surface area contributed by atoms with Gasteiger partial charge >= 0.3 is 5.97 Å². The average Bonchev–Trinajstić information content (AvgIpc) is 2.35. The van der Waals surface area contributed by atoms with Gasteiger partial charge in [0.2, 0.25) is 11.8 Å². The Kier molecular flexibility index (Phi) is 6.69. The van der Waals surface area contributed by atoms with Crippen molar-refractivity contribution in [2.75, 3.05) is 11.5 Å². The van der Waals surface area contributed by atoms with Crippen molar-refractivity contribution in [2.24, 2.45) is 11.7 Å². The van der Waals surface area contributed by atoms with Gasteiger partial charge in [-0.15, -0.1) is 0 Å². The molecule has 6 nitrogen and oxygen atoms in total. The molecule has 0 aromatic carbocycles. The van der Waals surface area contributed by atoms with Gasteiger partial charge in [-0.2, -0.15) is 11.8 Å². The molecule has 1 saturated heterocycles. The van der Waals surface area contributed by atoms with E-state index in [4.69, 9.17) is 10.8 Å². The summed E-state index contributed by atoms with van der Waals surface area (Å²) in [5.41, 5.74) is 4.97. The van der Waals surface area contributed by atoms with E-state index >= 15 is 0 Å². The van der Waals surface area contributed by atoms with Gasteiger partial charge < -0.3 is 16.2 Å². The van der Waals surface area contributed by atoms with E-state index in [0.29, 0.717) is 12.3 Å². The van der Waals surface area contributed by atoms with E-state index < -0.39 is 17.9 Å². The van der Waals surface area contributed by atoms with E-state index in [9.17, 15) is 14.4 Å². The first-order valence-electron chi connectivity index (χ1n) is 6.37. The fraction of sp³-hybridized carbons (Fsp3) is 0.750. The smallest absolute Gasteiger partial charge is 0.326 e. The van der Waals surface area contributed by atoms with Crippen LogP contribution in [0, 0.1) is 5.92 Å². The van der Waals surface area contributed by atoms with Gasteiger partial charge in [-0.25, -0.2) is 4.79 Å². The van der Waals surface area contributed by atoms with Crippen molar-refractivity contribution in [1.29, 1.82) is 0 Å². The van der Waals surface area contributed by atoms with Crippen LogP contribution in [0.1, 0.15) is 32.1 Å². The van der Waals surface area contributed by atoms with Gasteiger partial charge in [0.1, 0.15) is 6.04 Å². The number of primary amides is 1. The zero-order valence-corrected chi connectivity index (χ0v) is 11.6. The third-order valence-corrected chi connectivity index (χ3v) is 4.18. The molecule has 0 saturated carbocycles. The molecule has 1 aliphatic heterocycles. The number of carboxylic acids is 1. The first-order valence-corrected chi connectivity index (χ1v) is 7.52. The number of thioether (sulfide) groups is 1. The molecule has 0 radical (unpaired) electrons. The Hall–Kier alpha value is -1.24. The number of carboxylic acid groups (broad SMARTS) is 1. The van der Waals surface area contributed by atoms with Crippen LogP contribution >= 0.6 is 11.8 Å². The average molecular weight is 288 g/mol. The third kappa shape index (κ3) is 6.47. The predicted octanol–water partition coefficient (Wildman–Crippen LogP) is 0.355. The molecule has 0 aliphatic carbocycles. The molecule has 1 heterocycles. The number of aliphatic carboxylic acids is 1. The lowest BCUT2D eigenvalue weighted by atomic mass is 9.98. The van der Waals surface area contributed by atoms with Crippen molar-refractivity contribution < 1.29 is 19.5 Å². The van der Waals surface area contributed by atoms with Gasteiger partial charge in [0.05, 0.1) is 0 Å². The van der Waals surface area contributed by atoms with Crippen LogP contribution in [-0.4, -0.2) is 40.4 Å². The highest BCUT2D eigenvalue weighted by Crippen LogP contribution is 2.25. The lowest BCUT2D eigenvalue weighted by molar-refractivity contribution is -0.142. The van der Waals surface area contributed by atoms with E-state index in [1.54, 1.807) is 0 Å². The normalized spacial score (nSPS) is 17.7. The monoisotopic (exact) mass is 288 g/mol. The Morgan fingerprint density at radius 2 is 1.95 bits per heavy atom. The maximum atomic E-state index is 11.8. The van der Waals surface area contributed by atoms with Crippen molar-refractivity contribution >= 4 is 29.5 Å². The SMILES string of the molecule is NC(=O)CC[C@H](NC(=O)CC1CCSCC1)C(=O)O. The Morgan fingerprint density at radius 3 is 2.47 bits per heavy atom. The Balaban J connectivity index is 2.37. The largest absolute Gasteiger partial charge is 0.480 e. The lowest BCUT2D eigenvalue weighted by Gasteiger charge is -2.21. The van der Waals surface area contributed by atoms with Crippen LogP contribution in [0.15, 0.2) is 0 Å². The summed E-state index contributed by atoms with van der Waals surface area (Å²) in [4.78, 5) is 33.4. The molecule has 1 aliphatic rings. The van der Waals surface area contributed by atoms with Crippen LogP contribution in [0.2, 0.25) is 0 Å². The molecular weight excluding hydrogens is 268 g/mol. The topological polar surface area (TPSA) is 109 Å². The first kappa shape index (κ1) is 15.8. The summed E-state index contributed by atoms with van der Waals surface area (Å²) in [6.45, 7) is 0. The van der Waals surface area contributed by atoms with Crippen molar-refractivity contribution in [3.8, 4) is 0 Å². The minimum atomic E-state index is -1.13. The molecule has 7 heteroatoms. The number of carbonyl (C=O) groups excluding carboxylic acids is 2. The standard InChI is InChI=1S/C12H20N2O4S/c13-10(15)2-1-9(12(17)18)14-11(16)7-8-3-5-19-6-4-8/h8-9H,1-7H2,(H2,13,15)(H,14,16)(H,17,18)/t9-/m0/s1. The summed E-state index contributed by atoms with van der Waals surface area (Å²) < 4.78 is 0. The van der Waals surface area contributed by atoms with Gasteiger partial charge in [0.15, 0.2) is 0 Å². The fourth-order valence-corrected chi connectivity index (χ4v) is 3.21. The van der Waals surface area contributed by atoms with E-state index in [2.05, 4.69) is 5.32 Å². The van der Waals surface area contributed by atoms with Gasteiger partial charge in [-0.05, 0) is 36.7 Å². The van der Waals surface area contributed by atoms with Crippen LogP contribution in [0.5, 0.6) is 0 Å². The van der Waals surface area contributed by atoms with E-state index in [1.807, 2.05) is 11.8 Å². The molecule has 1 fully saturated rings. The second kappa shape index (κ2) is 8.04. The summed E-state index contributed by atoms with van der Waals surface area (Å²) in [5, 5.41) is 11.4. The molecule has 0 aromatic rings. The zero-order valence-electron chi connectivity index (χ0n) is 10.8. The zero-order chi connectivity index (χ0) is 14.3. The summed E-state index contributed by atoms with van der Waals surface area (Å²) in [5.74, 6) is 0.503. The second-order valence-electron chi connectivity index (χ2n) is 4.72. The van der Waals surface area contributed by atoms with E-state index in [-0.39, 0.29) is 18.7 Å². The molecular formula is C12H20N2O4S. The number of rotatable bonds is 7. The first-order chi connectivity index (χ1) is 8.99. The quantitative estimate of drug-likeness (QED) is 0.626. The molecule has 19 heavy (non-hydrogen) atoms. The van der Waals surface area contributed by atoms with Crippen molar-refractivity contribution in [2.45, 2.75) is 38.1 Å². The Morgan fingerprint density at radius 1 is 1.32 bits per heavy atom. The van der Waals surface area contributed by atoms with Crippen LogP contribution in [-0.2, 0) is 14.4 Å². The van der Waals surface area contributed by atoms with Crippen LogP contribution < -0.4 is 11.1 Å². The number of nitrogens with two attached hydrogens (primary N) is 1. The number of hydrogen-bond donors (Lipinski definition) is 3. The van der Waals surface area contributed by atoms with Gasteiger partial charge in [0, 0.05) is 12.8 Å². The van der Waals surface area contributed by atoms with Crippen molar-refractivity contribution in [3.05, 3.63) is 0 Å². The van der Waals surface area contributed by atoms with Crippen molar-refractivity contribution in [3.63, 3.8) is 0 Å². The maximum Gasteiger partial charge on any atom is 0.326 e. The summed E-state index contributed by atoms with van der Waals surface area (Å²) in [6, 6.07) is -1.03. The minimum Gasteiger partial charge on any atom is -0.480 e. The van der Waals surface area contributed by atoms with Gasteiger partial charge in [-0.1, -0.05) is 0 Å². The highest BCUT2D eigenvalue weighted by molar-refractivity contribution is 7.99. The lowest BCUT2D eigenvalue weighted by Crippen LogP contribution is -2.42. The fourth-order valence-electron chi connectivity index (χ4n) is 2.01. The molecule has 1 rings (SSSR count). The molecule has 0 spiro atoms. The Bertz CT molecular complexity index is 343. The number of nitrogens with one attached hydrogen (secondary N) is 1. The number of amides is 2. The van der Waals surface area contributed by atoms with Crippen LogP contribution in [0.3, 0.4) is 0 Å². The predicted molar refractivity (Wildman–Crippen MR) is 72.7 cm³/mol. The molecule has 2 amide bonds. The summed E-state index contributed by atoms with van der Waals surface area (Å²) in [6.07, 6.45) is 2.35. The number of hydrogen-bond acceptors (Lipinski definition) is 4. The third-order valence-electron chi connectivity index (χ3n) is 3.13. The molecule has 0 aromatic heterocycles. The molecule has 0 unspecified atom stereocenters. The minimum absolute atomic E-state index is 0.0386.